The van der Waals surface area contributed by atoms with Crippen LogP contribution in [0.15, 0.2) is 6.20 Å². The van der Waals surface area contributed by atoms with E-state index in [0.29, 0.717) is 0 Å². The first-order valence-corrected chi connectivity index (χ1v) is 6.00. The first kappa shape index (κ1) is 11.3. The van der Waals surface area contributed by atoms with Crippen molar-refractivity contribution in [1.29, 1.82) is 0 Å². The standard InChI is InChI=1S/C12H20N4/c1-9-10(2)16-12(8-14-9)15-7-11-3-5-13-6-4-11/h8,11,13H,3-7H2,1-2H3,(H,15,16). The molecule has 1 aliphatic rings. The fourth-order valence-electron chi connectivity index (χ4n) is 1.96. The highest BCUT2D eigenvalue weighted by atomic mass is 15.0. The third-order valence-electron chi connectivity index (χ3n) is 3.22. The van der Waals surface area contributed by atoms with Gasteiger partial charge < -0.3 is 10.6 Å². The van der Waals surface area contributed by atoms with Gasteiger partial charge in [-0.05, 0) is 45.7 Å². The summed E-state index contributed by atoms with van der Waals surface area (Å²) in [5, 5.41) is 6.75. The van der Waals surface area contributed by atoms with Crippen LogP contribution in [0.4, 0.5) is 5.82 Å². The summed E-state index contributed by atoms with van der Waals surface area (Å²) in [6.45, 7) is 7.28. The highest BCUT2D eigenvalue weighted by Gasteiger charge is 2.12. The lowest BCUT2D eigenvalue weighted by Crippen LogP contribution is -2.31. The van der Waals surface area contributed by atoms with Crippen molar-refractivity contribution in [2.75, 3.05) is 25.0 Å². The number of anilines is 1. The number of piperidine rings is 1. The van der Waals surface area contributed by atoms with E-state index < -0.39 is 0 Å². The summed E-state index contributed by atoms with van der Waals surface area (Å²) in [6.07, 6.45) is 4.33. The van der Waals surface area contributed by atoms with Gasteiger partial charge >= 0.3 is 0 Å². The molecule has 2 rings (SSSR count). The second kappa shape index (κ2) is 5.25. The van der Waals surface area contributed by atoms with Crippen LogP contribution in [0.1, 0.15) is 24.2 Å². The van der Waals surface area contributed by atoms with Crippen LogP contribution in [-0.4, -0.2) is 29.6 Å². The van der Waals surface area contributed by atoms with Crippen molar-refractivity contribution < 1.29 is 0 Å². The van der Waals surface area contributed by atoms with E-state index in [2.05, 4.69) is 20.6 Å². The maximum absolute atomic E-state index is 4.47. The molecule has 0 aromatic carbocycles. The van der Waals surface area contributed by atoms with Gasteiger partial charge in [0.2, 0.25) is 0 Å². The lowest BCUT2D eigenvalue weighted by Gasteiger charge is -2.22. The van der Waals surface area contributed by atoms with Gasteiger partial charge in [-0.3, -0.25) is 4.98 Å². The molecule has 2 N–H and O–H groups in total. The van der Waals surface area contributed by atoms with Crippen LogP contribution in [0.3, 0.4) is 0 Å². The molecule has 1 aromatic rings. The Kier molecular flexibility index (Phi) is 3.72. The Hall–Kier alpha value is -1.16. The molecule has 0 spiro atoms. The number of nitrogens with one attached hydrogen (secondary N) is 2. The second-order valence-electron chi connectivity index (χ2n) is 4.50. The van der Waals surface area contributed by atoms with Gasteiger partial charge in [0.05, 0.1) is 17.6 Å². The Balaban J connectivity index is 1.86. The quantitative estimate of drug-likeness (QED) is 0.810. The largest absolute Gasteiger partial charge is 0.369 e. The number of aryl methyl sites for hydroxylation is 2. The lowest BCUT2D eigenvalue weighted by atomic mass is 9.98. The molecule has 0 aliphatic carbocycles. The molecular formula is C12H20N4. The van der Waals surface area contributed by atoms with Gasteiger partial charge in [-0.25, -0.2) is 4.98 Å². The van der Waals surface area contributed by atoms with Crippen molar-refractivity contribution >= 4 is 5.82 Å². The summed E-state index contributed by atoms with van der Waals surface area (Å²) < 4.78 is 0. The van der Waals surface area contributed by atoms with Crippen molar-refractivity contribution in [2.45, 2.75) is 26.7 Å². The smallest absolute Gasteiger partial charge is 0.144 e. The number of hydrogen-bond acceptors (Lipinski definition) is 4. The highest BCUT2D eigenvalue weighted by molar-refractivity contribution is 5.33. The molecule has 0 radical (unpaired) electrons. The van der Waals surface area contributed by atoms with E-state index in [9.17, 15) is 0 Å². The molecule has 0 amide bonds. The first-order chi connectivity index (χ1) is 7.75. The van der Waals surface area contributed by atoms with Crippen LogP contribution in [0.25, 0.3) is 0 Å². The van der Waals surface area contributed by atoms with E-state index >= 15 is 0 Å². The molecule has 1 aliphatic heterocycles. The minimum absolute atomic E-state index is 0.768. The van der Waals surface area contributed by atoms with E-state index in [1.165, 1.54) is 12.8 Å². The van der Waals surface area contributed by atoms with Gasteiger partial charge in [0.1, 0.15) is 5.82 Å². The minimum atomic E-state index is 0.768. The van der Waals surface area contributed by atoms with Crippen LogP contribution in [0.2, 0.25) is 0 Å². The molecule has 4 heteroatoms. The number of aromatic nitrogens is 2. The van der Waals surface area contributed by atoms with Gasteiger partial charge in [0, 0.05) is 6.54 Å². The van der Waals surface area contributed by atoms with Crippen LogP contribution in [0.5, 0.6) is 0 Å². The average Bonchev–Trinajstić information content (AvgIpc) is 2.32. The van der Waals surface area contributed by atoms with Crippen LogP contribution < -0.4 is 10.6 Å². The van der Waals surface area contributed by atoms with Gasteiger partial charge in [-0.2, -0.15) is 0 Å². The average molecular weight is 220 g/mol. The first-order valence-electron chi connectivity index (χ1n) is 6.00. The molecule has 2 heterocycles. The van der Waals surface area contributed by atoms with Crippen molar-refractivity contribution in [2.24, 2.45) is 5.92 Å². The fraction of sp³-hybridized carbons (Fsp3) is 0.667. The Labute approximate surface area is 96.9 Å². The predicted octanol–water partition coefficient (Wildman–Crippen LogP) is 1.50. The normalized spacial score (nSPS) is 17.4. The molecule has 1 saturated heterocycles. The third kappa shape index (κ3) is 2.92. The minimum Gasteiger partial charge on any atom is -0.369 e. The molecule has 1 fully saturated rings. The Bertz CT molecular complexity index is 345. The maximum Gasteiger partial charge on any atom is 0.144 e. The van der Waals surface area contributed by atoms with E-state index in [1.807, 2.05) is 20.0 Å². The molecule has 0 unspecified atom stereocenters. The molecule has 0 atom stereocenters. The molecule has 1 aromatic heterocycles. The van der Waals surface area contributed by atoms with Crippen molar-refractivity contribution in [3.05, 3.63) is 17.6 Å². The Morgan fingerprint density at radius 2 is 2.06 bits per heavy atom. The number of rotatable bonds is 3. The number of nitrogens with zero attached hydrogens (tertiary/aromatic N) is 2. The van der Waals surface area contributed by atoms with Crippen molar-refractivity contribution in [3.8, 4) is 0 Å². The van der Waals surface area contributed by atoms with Crippen molar-refractivity contribution in [1.82, 2.24) is 15.3 Å². The summed E-state index contributed by atoms with van der Waals surface area (Å²) in [4.78, 5) is 8.77. The van der Waals surface area contributed by atoms with Crippen LogP contribution >= 0.6 is 0 Å². The van der Waals surface area contributed by atoms with E-state index in [4.69, 9.17) is 0 Å². The van der Waals surface area contributed by atoms with Gasteiger partial charge in [0.25, 0.3) is 0 Å². The van der Waals surface area contributed by atoms with Gasteiger partial charge in [0.15, 0.2) is 0 Å². The highest BCUT2D eigenvalue weighted by Crippen LogP contribution is 2.13. The maximum atomic E-state index is 4.47. The van der Waals surface area contributed by atoms with E-state index in [1.54, 1.807) is 0 Å². The summed E-state index contributed by atoms with van der Waals surface area (Å²) in [7, 11) is 0. The zero-order valence-corrected chi connectivity index (χ0v) is 10.1. The topological polar surface area (TPSA) is 49.8 Å². The zero-order chi connectivity index (χ0) is 11.4. The molecular weight excluding hydrogens is 200 g/mol. The molecule has 0 saturated carbocycles. The molecule has 4 nitrogen and oxygen atoms in total. The van der Waals surface area contributed by atoms with Crippen molar-refractivity contribution in [3.63, 3.8) is 0 Å². The van der Waals surface area contributed by atoms with Crippen LogP contribution in [-0.2, 0) is 0 Å². The SMILES string of the molecule is Cc1ncc(NCC2CCNCC2)nc1C. The zero-order valence-electron chi connectivity index (χ0n) is 10.1. The van der Waals surface area contributed by atoms with E-state index in [0.717, 1.165) is 42.8 Å². The molecule has 16 heavy (non-hydrogen) atoms. The molecule has 0 bridgehead atoms. The second-order valence-corrected chi connectivity index (χ2v) is 4.50. The summed E-state index contributed by atoms with van der Waals surface area (Å²) in [5.41, 5.74) is 2.02. The van der Waals surface area contributed by atoms with Gasteiger partial charge in [-0.1, -0.05) is 0 Å². The Morgan fingerprint density at radius 3 is 2.75 bits per heavy atom. The predicted molar refractivity (Wildman–Crippen MR) is 65.6 cm³/mol. The number of hydrogen-bond donors (Lipinski definition) is 2. The lowest BCUT2D eigenvalue weighted by molar-refractivity contribution is 0.389. The van der Waals surface area contributed by atoms with Gasteiger partial charge in [-0.15, -0.1) is 0 Å². The fourth-order valence-corrected chi connectivity index (χ4v) is 1.96. The summed E-state index contributed by atoms with van der Waals surface area (Å²) in [5.74, 6) is 1.67. The van der Waals surface area contributed by atoms with E-state index in [-0.39, 0.29) is 0 Å². The third-order valence-corrected chi connectivity index (χ3v) is 3.22. The summed E-state index contributed by atoms with van der Waals surface area (Å²) in [6, 6.07) is 0. The molecule has 88 valence electrons. The monoisotopic (exact) mass is 220 g/mol. The Morgan fingerprint density at radius 1 is 1.31 bits per heavy atom. The van der Waals surface area contributed by atoms with Crippen LogP contribution in [0, 0.1) is 19.8 Å². The summed E-state index contributed by atoms with van der Waals surface area (Å²) >= 11 is 0.